The molecular weight excluding hydrogens is 388 g/mol. The molecule has 0 unspecified atom stereocenters. The maximum Gasteiger partial charge on any atom is 0.313 e. The van der Waals surface area contributed by atoms with E-state index in [9.17, 15) is 14.4 Å². The second kappa shape index (κ2) is 5.01. The molecule has 0 N–H and O–H groups in total. The van der Waals surface area contributed by atoms with Crippen LogP contribution in [0.15, 0.2) is 11.6 Å². The summed E-state index contributed by atoms with van der Waals surface area (Å²) in [4.78, 5) is 40.1. The second-order valence-electron chi connectivity index (χ2n) is 10.5. The molecule has 5 heterocycles. The van der Waals surface area contributed by atoms with Crippen LogP contribution in [0, 0.1) is 35.5 Å². The van der Waals surface area contributed by atoms with E-state index in [-0.39, 0.29) is 36.3 Å². The lowest BCUT2D eigenvalue weighted by molar-refractivity contribution is -0.196. The summed E-state index contributed by atoms with van der Waals surface area (Å²) >= 11 is 0. The summed E-state index contributed by atoms with van der Waals surface area (Å²) in [5.74, 6) is -3.95. The molecule has 1 saturated carbocycles. The molecule has 2 spiro atoms. The number of hydrogen-bond acceptors (Lipinski definition) is 7. The third-order valence-corrected chi connectivity index (χ3v) is 9.46. The molecule has 162 valence electrons. The van der Waals surface area contributed by atoms with Crippen molar-refractivity contribution in [1.82, 2.24) is 0 Å². The molecule has 7 nitrogen and oxygen atoms in total. The highest BCUT2D eigenvalue weighted by atomic mass is 16.6. The Labute approximate surface area is 175 Å². The highest BCUT2D eigenvalue weighted by Crippen LogP contribution is 2.75. The molecule has 11 atom stereocenters. The van der Waals surface area contributed by atoms with E-state index in [4.69, 9.17) is 18.9 Å². The van der Waals surface area contributed by atoms with Gasteiger partial charge in [-0.3, -0.25) is 14.4 Å². The Balaban J connectivity index is 1.58. The lowest BCUT2D eigenvalue weighted by atomic mass is 9.45. The van der Waals surface area contributed by atoms with Gasteiger partial charge in [0.15, 0.2) is 0 Å². The standard InChI is InChI=1S/C23H28O7/c1-7-27-18(25)14-12-16(24)13-15-19(26)28-17-10(3)23(13,30-21(15,17)6)11(4)22(12)9(2)8-20(14,5)29-22/h8,10-15,17H,7H2,1-6H3/t10-,11-,12-,13+,14-,15+,17+,20+,21+,22+,23-/m0/s1. The van der Waals surface area contributed by atoms with Crippen molar-refractivity contribution in [1.29, 1.82) is 0 Å². The van der Waals surface area contributed by atoms with Crippen LogP contribution in [0.4, 0.5) is 0 Å². The molecule has 4 bridgehead atoms. The van der Waals surface area contributed by atoms with Crippen molar-refractivity contribution < 1.29 is 33.3 Å². The Morgan fingerprint density at radius 1 is 1.13 bits per heavy atom. The van der Waals surface area contributed by atoms with Gasteiger partial charge >= 0.3 is 11.9 Å². The minimum atomic E-state index is -0.938. The van der Waals surface area contributed by atoms with Gasteiger partial charge in [-0.1, -0.05) is 19.9 Å². The van der Waals surface area contributed by atoms with Crippen LogP contribution in [0.2, 0.25) is 0 Å². The van der Waals surface area contributed by atoms with Crippen molar-refractivity contribution in [2.24, 2.45) is 35.5 Å². The van der Waals surface area contributed by atoms with Gasteiger partial charge in [-0.05, 0) is 33.3 Å². The summed E-state index contributed by atoms with van der Waals surface area (Å²) in [6.07, 6.45) is 1.62. The highest BCUT2D eigenvalue weighted by Gasteiger charge is 2.89. The topological polar surface area (TPSA) is 88.1 Å². The average Bonchev–Trinajstić information content (AvgIpc) is 3.31. The van der Waals surface area contributed by atoms with Gasteiger partial charge in [0.05, 0.1) is 29.6 Å². The van der Waals surface area contributed by atoms with Crippen LogP contribution < -0.4 is 0 Å². The quantitative estimate of drug-likeness (QED) is 0.501. The van der Waals surface area contributed by atoms with Crippen LogP contribution in [0.25, 0.3) is 0 Å². The van der Waals surface area contributed by atoms with Crippen molar-refractivity contribution in [3.8, 4) is 0 Å². The fourth-order valence-electron chi connectivity index (χ4n) is 8.63. The van der Waals surface area contributed by atoms with Crippen molar-refractivity contribution in [3.05, 3.63) is 11.6 Å². The van der Waals surface area contributed by atoms with Gasteiger partial charge in [0.25, 0.3) is 0 Å². The molecule has 4 saturated heterocycles. The fraction of sp³-hybridized carbons (Fsp3) is 0.783. The first-order valence-corrected chi connectivity index (χ1v) is 11.0. The van der Waals surface area contributed by atoms with Gasteiger partial charge < -0.3 is 18.9 Å². The van der Waals surface area contributed by atoms with Gasteiger partial charge in [0.2, 0.25) is 0 Å². The Morgan fingerprint density at radius 2 is 1.83 bits per heavy atom. The zero-order valence-electron chi connectivity index (χ0n) is 18.2. The van der Waals surface area contributed by atoms with E-state index in [0.717, 1.165) is 5.57 Å². The van der Waals surface area contributed by atoms with Crippen LogP contribution in [0.1, 0.15) is 41.5 Å². The second-order valence-corrected chi connectivity index (χ2v) is 10.5. The summed E-state index contributed by atoms with van der Waals surface area (Å²) in [5, 5.41) is 0. The van der Waals surface area contributed by atoms with E-state index in [2.05, 4.69) is 6.92 Å². The number of carbonyl (C=O) groups excluding carboxylic acids is 3. The van der Waals surface area contributed by atoms with Crippen molar-refractivity contribution in [2.45, 2.75) is 70.1 Å². The Bertz CT molecular complexity index is 955. The maximum absolute atomic E-state index is 14.2. The van der Waals surface area contributed by atoms with E-state index in [0.29, 0.717) is 0 Å². The van der Waals surface area contributed by atoms with Crippen LogP contribution in [0.3, 0.4) is 0 Å². The summed E-state index contributed by atoms with van der Waals surface area (Å²) in [5.41, 5.74) is -2.57. The summed E-state index contributed by atoms with van der Waals surface area (Å²) in [6, 6.07) is 0. The van der Waals surface area contributed by atoms with E-state index >= 15 is 0 Å². The smallest absolute Gasteiger partial charge is 0.313 e. The number of ether oxygens (including phenoxy) is 4. The first kappa shape index (κ1) is 19.0. The lowest BCUT2D eigenvalue weighted by Crippen LogP contribution is -2.69. The van der Waals surface area contributed by atoms with Crippen LogP contribution in [0.5, 0.6) is 0 Å². The van der Waals surface area contributed by atoms with Gasteiger partial charge in [-0.25, -0.2) is 0 Å². The normalized spacial score (nSPS) is 59.1. The molecule has 0 aromatic rings. The van der Waals surface area contributed by atoms with E-state index in [1.807, 2.05) is 33.8 Å². The zero-order valence-corrected chi connectivity index (χ0v) is 18.2. The minimum Gasteiger partial charge on any atom is -0.466 e. The van der Waals surface area contributed by atoms with Crippen LogP contribution in [-0.4, -0.2) is 52.8 Å². The number of carbonyl (C=O) groups is 3. The van der Waals surface area contributed by atoms with Gasteiger partial charge in [0.1, 0.15) is 34.9 Å². The molecule has 7 heteroatoms. The fourth-order valence-corrected chi connectivity index (χ4v) is 8.63. The molecule has 0 amide bonds. The summed E-state index contributed by atoms with van der Waals surface area (Å²) in [6.45, 7) is 11.8. The molecule has 5 fully saturated rings. The van der Waals surface area contributed by atoms with E-state index in [1.54, 1.807) is 6.92 Å². The molecule has 6 aliphatic rings. The van der Waals surface area contributed by atoms with Gasteiger partial charge in [-0.2, -0.15) is 0 Å². The number of hydrogen-bond donors (Lipinski definition) is 0. The highest BCUT2D eigenvalue weighted by molar-refractivity contribution is 5.99. The number of ketones is 1. The Morgan fingerprint density at radius 3 is 2.50 bits per heavy atom. The number of Topliss-reactive ketones (excluding diaryl/α,β-unsaturated/α-hetero) is 1. The van der Waals surface area contributed by atoms with Crippen LogP contribution >= 0.6 is 0 Å². The Hall–Kier alpha value is -1.73. The summed E-state index contributed by atoms with van der Waals surface area (Å²) in [7, 11) is 0. The molecule has 1 aliphatic carbocycles. The van der Waals surface area contributed by atoms with Crippen molar-refractivity contribution in [3.63, 3.8) is 0 Å². The van der Waals surface area contributed by atoms with E-state index < -0.39 is 52.0 Å². The molecule has 5 aliphatic heterocycles. The first-order chi connectivity index (χ1) is 14.0. The maximum atomic E-state index is 14.2. The molecule has 0 aromatic carbocycles. The molecule has 6 rings (SSSR count). The van der Waals surface area contributed by atoms with Gasteiger partial charge in [0, 0.05) is 11.8 Å². The minimum absolute atomic E-state index is 0.111. The van der Waals surface area contributed by atoms with Gasteiger partial charge in [-0.15, -0.1) is 0 Å². The Kier molecular flexibility index (Phi) is 3.17. The number of esters is 2. The van der Waals surface area contributed by atoms with Crippen molar-refractivity contribution in [2.75, 3.05) is 6.61 Å². The SMILES string of the molecule is CCOC(=O)[C@@H]1[C@H]2C(=O)[C@H]3[C@@H]4C(=O)O[C@@H]5[C@H](C)[C@]3(O[C@@]54C)[C@@H](C)[C@@]23O[C@]1(C)C=C3C. The predicted octanol–water partition coefficient (Wildman–Crippen LogP) is 1.82. The molecular formula is C23H28O7. The average molecular weight is 416 g/mol. The lowest BCUT2D eigenvalue weighted by Gasteiger charge is -2.55. The molecule has 0 aromatic heterocycles. The predicted molar refractivity (Wildman–Crippen MR) is 102 cm³/mol. The number of fused-ring (bicyclic) bond motifs is 2. The monoisotopic (exact) mass is 416 g/mol. The number of rotatable bonds is 2. The van der Waals surface area contributed by atoms with E-state index in [1.165, 1.54) is 0 Å². The summed E-state index contributed by atoms with van der Waals surface area (Å²) < 4.78 is 24.5. The van der Waals surface area contributed by atoms with Crippen LogP contribution in [-0.2, 0) is 33.3 Å². The molecule has 0 radical (unpaired) electrons. The third-order valence-electron chi connectivity index (χ3n) is 9.46. The van der Waals surface area contributed by atoms with Crippen molar-refractivity contribution >= 4 is 17.7 Å². The largest absolute Gasteiger partial charge is 0.466 e. The third kappa shape index (κ3) is 1.54. The molecule has 30 heavy (non-hydrogen) atoms. The first-order valence-electron chi connectivity index (χ1n) is 11.0. The zero-order chi connectivity index (χ0) is 21.6.